The van der Waals surface area contributed by atoms with Gasteiger partial charge >= 0.3 is 0 Å². The van der Waals surface area contributed by atoms with Crippen LogP contribution in [0.5, 0.6) is 0 Å². The fourth-order valence-corrected chi connectivity index (χ4v) is 4.11. The van der Waals surface area contributed by atoms with Crippen molar-refractivity contribution in [3.05, 3.63) is 41.0 Å². The number of nitrogens with zero attached hydrogens (tertiary/aromatic N) is 2. The van der Waals surface area contributed by atoms with Gasteiger partial charge in [0.25, 0.3) is 0 Å². The van der Waals surface area contributed by atoms with Crippen molar-refractivity contribution in [1.82, 2.24) is 9.97 Å². The lowest BCUT2D eigenvalue weighted by Crippen LogP contribution is -2.39. The predicted molar refractivity (Wildman–Crippen MR) is 104 cm³/mol. The Morgan fingerprint density at radius 1 is 1.25 bits per heavy atom. The second kappa shape index (κ2) is 6.63. The van der Waals surface area contributed by atoms with E-state index in [-0.39, 0.29) is 18.8 Å². The van der Waals surface area contributed by atoms with Gasteiger partial charge in [-0.15, -0.1) is 11.3 Å². The first-order chi connectivity index (χ1) is 13.5. The summed E-state index contributed by atoms with van der Waals surface area (Å²) in [5.74, 6) is 0.511. The number of fused-ring (bicyclic) bond motifs is 1. The van der Waals surface area contributed by atoms with Crippen LogP contribution in [0.1, 0.15) is 18.4 Å². The lowest BCUT2D eigenvalue weighted by atomic mass is 9.90. The highest BCUT2D eigenvalue weighted by Crippen LogP contribution is 2.35. The van der Waals surface area contributed by atoms with Crippen LogP contribution in [0.3, 0.4) is 0 Å². The highest BCUT2D eigenvalue weighted by molar-refractivity contribution is 7.17. The van der Waals surface area contributed by atoms with Crippen molar-refractivity contribution in [3.63, 3.8) is 0 Å². The second-order valence-electron chi connectivity index (χ2n) is 7.22. The normalized spacial score (nSPS) is 24.6. The van der Waals surface area contributed by atoms with Gasteiger partial charge in [0, 0.05) is 17.3 Å². The Morgan fingerprint density at radius 2 is 2.11 bits per heavy atom. The number of aliphatic hydroxyl groups is 2. The van der Waals surface area contributed by atoms with Crippen LogP contribution < -0.4 is 10.6 Å². The minimum Gasteiger partial charge on any atom is -0.387 e. The van der Waals surface area contributed by atoms with Gasteiger partial charge < -0.3 is 25.6 Å². The summed E-state index contributed by atoms with van der Waals surface area (Å²) in [6, 6.07) is 6.70. The van der Waals surface area contributed by atoms with Crippen LogP contribution in [-0.2, 0) is 10.3 Å². The highest BCUT2D eigenvalue weighted by Gasteiger charge is 2.44. The van der Waals surface area contributed by atoms with E-state index >= 15 is 0 Å². The molecule has 9 heteroatoms. The van der Waals surface area contributed by atoms with Gasteiger partial charge in [0.15, 0.2) is 0 Å². The maximum atomic E-state index is 14.7. The lowest BCUT2D eigenvalue weighted by molar-refractivity contribution is -0.0500. The Hall–Kier alpha value is -2.33. The Kier molecular flexibility index (Phi) is 4.20. The molecule has 2 aromatic heterocycles. The average Bonchev–Trinajstić information content (AvgIpc) is 3.23. The minimum absolute atomic E-state index is 0.00773. The van der Waals surface area contributed by atoms with E-state index in [1.54, 1.807) is 17.4 Å². The molecule has 0 spiro atoms. The summed E-state index contributed by atoms with van der Waals surface area (Å²) in [6.07, 6.45) is 1.09. The quantitative estimate of drug-likeness (QED) is 0.521. The Bertz CT molecular complexity index is 1040. The maximum absolute atomic E-state index is 14.7. The van der Waals surface area contributed by atoms with E-state index < -0.39 is 17.5 Å². The van der Waals surface area contributed by atoms with E-state index in [1.807, 2.05) is 11.4 Å². The molecule has 3 aromatic rings. The molecule has 1 saturated carbocycles. The maximum Gasteiger partial charge on any atom is 0.229 e. The Morgan fingerprint density at radius 3 is 2.82 bits per heavy atom. The molecule has 146 valence electrons. The smallest absolute Gasteiger partial charge is 0.229 e. The number of benzene rings is 1. The monoisotopic (exact) mass is 402 g/mol. The van der Waals surface area contributed by atoms with Crippen molar-refractivity contribution in [1.29, 1.82) is 0 Å². The van der Waals surface area contributed by atoms with E-state index in [9.17, 15) is 14.6 Å². The van der Waals surface area contributed by atoms with Gasteiger partial charge in [0.05, 0.1) is 23.4 Å². The third kappa shape index (κ3) is 3.10. The molecule has 0 radical (unpaired) electrons. The average molecular weight is 402 g/mol. The molecule has 2 unspecified atom stereocenters. The first-order valence-electron chi connectivity index (χ1n) is 9.10. The summed E-state index contributed by atoms with van der Waals surface area (Å²) in [5.41, 5.74) is -0.461. The number of ether oxygens (including phenoxy) is 1. The molecule has 0 amide bonds. The van der Waals surface area contributed by atoms with Crippen molar-refractivity contribution < 1.29 is 19.3 Å². The van der Waals surface area contributed by atoms with E-state index in [1.165, 1.54) is 12.1 Å². The van der Waals surface area contributed by atoms with Crippen LogP contribution in [0.25, 0.3) is 10.2 Å². The molecule has 4 N–H and O–H groups in total. The zero-order valence-electron chi connectivity index (χ0n) is 14.9. The molecule has 28 heavy (non-hydrogen) atoms. The van der Waals surface area contributed by atoms with E-state index in [4.69, 9.17) is 4.74 Å². The summed E-state index contributed by atoms with van der Waals surface area (Å²) in [4.78, 5) is 9.04. The van der Waals surface area contributed by atoms with Gasteiger partial charge in [0.2, 0.25) is 5.95 Å². The number of rotatable bonds is 5. The molecule has 2 atom stereocenters. The Labute approximate surface area is 164 Å². The zero-order chi connectivity index (χ0) is 19.3. The fourth-order valence-electron chi connectivity index (χ4n) is 3.33. The first kappa shape index (κ1) is 17.7. The largest absolute Gasteiger partial charge is 0.387 e. The molecule has 1 aromatic carbocycles. The number of aromatic nitrogens is 2. The molecule has 1 saturated heterocycles. The molecule has 3 heterocycles. The molecule has 7 nitrogen and oxygen atoms in total. The summed E-state index contributed by atoms with van der Waals surface area (Å²) >= 11 is 1.58. The number of halogens is 1. The van der Waals surface area contributed by atoms with Crippen LogP contribution in [0.15, 0.2) is 29.6 Å². The van der Waals surface area contributed by atoms with E-state index in [2.05, 4.69) is 20.6 Å². The summed E-state index contributed by atoms with van der Waals surface area (Å²) < 4.78 is 20.7. The van der Waals surface area contributed by atoms with E-state index in [0.29, 0.717) is 17.7 Å². The number of anilines is 3. The molecule has 1 aliphatic heterocycles. The van der Waals surface area contributed by atoms with Gasteiger partial charge in [-0.1, -0.05) is 6.07 Å². The lowest BCUT2D eigenvalue weighted by Gasteiger charge is -2.25. The molecule has 2 aliphatic rings. The number of aliphatic hydroxyl groups excluding tert-OH is 1. The molecule has 0 bridgehead atoms. The van der Waals surface area contributed by atoms with Crippen molar-refractivity contribution >= 4 is 39.0 Å². The van der Waals surface area contributed by atoms with Gasteiger partial charge in [-0.2, -0.15) is 4.98 Å². The summed E-state index contributed by atoms with van der Waals surface area (Å²) in [5, 5.41) is 28.9. The Balaban J connectivity index is 1.44. The van der Waals surface area contributed by atoms with Gasteiger partial charge in [-0.25, -0.2) is 9.37 Å². The molecular weight excluding hydrogens is 383 g/mol. The van der Waals surface area contributed by atoms with Gasteiger partial charge in [-0.3, -0.25) is 0 Å². The summed E-state index contributed by atoms with van der Waals surface area (Å²) in [6.45, 7) is -0.173. The highest BCUT2D eigenvalue weighted by atomic mass is 32.1. The van der Waals surface area contributed by atoms with E-state index in [0.717, 1.165) is 28.9 Å². The predicted octanol–water partition coefficient (Wildman–Crippen LogP) is 2.73. The van der Waals surface area contributed by atoms with Crippen molar-refractivity contribution in [2.45, 2.75) is 30.6 Å². The number of thiophene rings is 1. The third-order valence-corrected chi connectivity index (χ3v) is 5.97. The molecule has 1 aliphatic carbocycles. The molecule has 2 fully saturated rings. The van der Waals surface area contributed by atoms with Crippen LogP contribution in [0.2, 0.25) is 0 Å². The van der Waals surface area contributed by atoms with Crippen molar-refractivity contribution in [2.24, 2.45) is 0 Å². The molecular formula is C19H19FN4O3S. The second-order valence-corrected chi connectivity index (χ2v) is 8.14. The van der Waals surface area contributed by atoms with Crippen LogP contribution in [-0.4, -0.2) is 45.5 Å². The molecule has 5 rings (SSSR count). The van der Waals surface area contributed by atoms with Gasteiger partial charge in [-0.05, 0) is 36.4 Å². The number of hydrogen-bond acceptors (Lipinski definition) is 8. The number of hydrogen-bond donors (Lipinski definition) is 4. The number of nitrogens with one attached hydrogen (secondary N) is 2. The van der Waals surface area contributed by atoms with Gasteiger partial charge in [0.1, 0.15) is 23.3 Å². The third-order valence-electron chi connectivity index (χ3n) is 5.06. The van der Waals surface area contributed by atoms with Crippen molar-refractivity contribution in [3.8, 4) is 0 Å². The van der Waals surface area contributed by atoms with Crippen LogP contribution >= 0.6 is 11.3 Å². The van der Waals surface area contributed by atoms with Crippen LogP contribution in [0, 0.1) is 5.82 Å². The minimum atomic E-state index is -1.74. The van der Waals surface area contributed by atoms with Crippen molar-refractivity contribution in [2.75, 3.05) is 23.8 Å². The fraction of sp³-hybridized carbons (Fsp3) is 0.368. The SMILES string of the molecule is OC1COCC1(O)c1ccc(Nc2nc(NC3CC3)c3sccc3n2)cc1F. The summed E-state index contributed by atoms with van der Waals surface area (Å²) in [7, 11) is 0. The van der Waals surface area contributed by atoms with Crippen LogP contribution in [0.4, 0.5) is 21.8 Å². The standard InChI is InChI=1S/C19H19FN4O3S/c20-13-7-11(3-4-12(13)19(26)9-27-8-15(19)25)22-18-23-14-5-6-28-16(14)17(24-18)21-10-1-2-10/h3-7,10,15,25-26H,1-2,8-9H2,(H2,21,22,23,24). The topological polar surface area (TPSA) is 99.5 Å². The first-order valence-corrected chi connectivity index (χ1v) is 9.98. The zero-order valence-corrected chi connectivity index (χ0v) is 15.7.